The average molecular weight is 251 g/mol. The van der Waals surface area contributed by atoms with Crippen LogP contribution in [0.1, 0.15) is 51.9 Å². The van der Waals surface area contributed by atoms with E-state index in [1.54, 1.807) is 0 Å². The number of aliphatic hydroxyl groups is 1. The zero-order valence-electron chi connectivity index (χ0n) is 11.5. The van der Waals surface area contributed by atoms with Gasteiger partial charge in [0.2, 0.25) is 5.91 Å². The molecule has 1 heterocycles. The first-order valence-corrected chi connectivity index (χ1v) is 7.20. The number of rotatable bonds is 3. The predicted molar refractivity (Wildman–Crippen MR) is 72.2 cm³/mol. The van der Waals surface area contributed by atoms with E-state index in [1.165, 1.54) is 0 Å². The molecule has 0 spiro atoms. The van der Waals surface area contributed by atoms with Crippen molar-refractivity contribution >= 4 is 5.91 Å². The molecule has 0 aromatic heterocycles. The Morgan fingerprint density at radius 2 is 2.00 bits per heavy atom. The van der Waals surface area contributed by atoms with Crippen molar-refractivity contribution in [3.8, 4) is 0 Å². The van der Waals surface area contributed by atoms with Crippen LogP contribution in [0.25, 0.3) is 0 Å². The highest BCUT2D eigenvalue weighted by Crippen LogP contribution is 2.40. The molecule has 1 aliphatic heterocycles. The summed E-state index contributed by atoms with van der Waals surface area (Å²) < 4.78 is 0. The number of hydrogen-bond donors (Lipinski definition) is 1. The van der Waals surface area contributed by atoms with Crippen LogP contribution >= 0.6 is 0 Å². The largest absolute Gasteiger partial charge is 0.385 e. The van der Waals surface area contributed by atoms with Crippen LogP contribution in [0.3, 0.4) is 0 Å². The molecular formula is C15H25NO2. The molecule has 0 unspecified atom stereocenters. The van der Waals surface area contributed by atoms with Crippen molar-refractivity contribution in [3.63, 3.8) is 0 Å². The van der Waals surface area contributed by atoms with Crippen LogP contribution in [0.4, 0.5) is 0 Å². The van der Waals surface area contributed by atoms with Crippen molar-refractivity contribution in [2.45, 2.75) is 57.5 Å². The van der Waals surface area contributed by atoms with E-state index in [1.807, 2.05) is 11.8 Å². The zero-order valence-corrected chi connectivity index (χ0v) is 11.5. The lowest BCUT2D eigenvalue weighted by Gasteiger charge is -2.41. The Labute approximate surface area is 110 Å². The summed E-state index contributed by atoms with van der Waals surface area (Å²) in [5.74, 6) is 0.288. The van der Waals surface area contributed by atoms with Gasteiger partial charge in [-0.05, 0) is 38.2 Å². The first-order chi connectivity index (χ1) is 8.54. The molecule has 2 aliphatic rings. The van der Waals surface area contributed by atoms with E-state index in [2.05, 4.69) is 6.58 Å². The van der Waals surface area contributed by atoms with Gasteiger partial charge in [-0.25, -0.2) is 0 Å². The van der Waals surface area contributed by atoms with E-state index >= 15 is 0 Å². The van der Waals surface area contributed by atoms with E-state index in [0.717, 1.165) is 57.2 Å². The third-order valence-corrected chi connectivity index (χ3v) is 4.65. The smallest absolute Gasteiger partial charge is 0.222 e. The van der Waals surface area contributed by atoms with Gasteiger partial charge in [0.25, 0.3) is 0 Å². The first-order valence-electron chi connectivity index (χ1n) is 7.20. The molecule has 0 aromatic carbocycles. The molecule has 0 aromatic rings. The van der Waals surface area contributed by atoms with Crippen LogP contribution in [-0.4, -0.2) is 34.6 Å². The highest BCUT2D eigenvalue weighted by atomic mass is 16.3. The molecule has 18 heavy (non-hydrogen) atoms. The number of hydrogen-bond acceptors (Lipinski definition) is 2. The summed E-state index contributed by atoms with van der Waals surface area (Å²) in [6, 6.07) is 0. The predicted octanol–water partition coefficient (Wildman–Crippen LogP) is 2.50. The SMILES string of the molecule is C=C(C)[C@@]1(O)CCCC[C@@H]1CC(=O)N1CCCC1. The Morgan fingerprint density at radius 3 is 2.61 bits per heavy atom. The molecule has 1 aliphatic carbocycles. The second-order valence-electron chi connectivity index (χ2n) is 5.94. The van der Waals surface area contributed by atoms with Crippen LogP contribution < -0.4 is 0 Å². The second kappa shape index (κ2) is 5.43. The van der Waals surface area contributed by atoms with Gasteiger partial charge >= 0.3 is 0 Å². The fourth-order valence-corrected chi connectivity index (χ4v) is 3.37. The van der Waals surface area contributed by atoms with E-state index in [-0.39, 0.29) is 11.8 Å². The summed E-state index contributed by atoms with van der Waals surface area (Å²) >= 11 is 0. The Hall–Kier alpha value is -0.830. The minimum Gasteiger partial charge on any atom is -0.385 e. The van der Waals surface area contributed by atoms with Crippen LogP contribution in [0.15, 0.2) is 12.2 Å². The van der Waals surface area contributed by atoms with E-state index in [0.29, 0.717) is 6.42 Å². The van der Waals surface area contributed by atoms with Gasteiger partial charge in [0.1, 0.15) is 0 Å². The zero-order chi connectivity index (χ0) is 13.2. The van der Waals surface area contributed by atoms with E-state index in [4.69, 9.17) is 0 Å². The topological polar surface area (TPSA) is 40.5 Å². The molecule has 1 saturated carbocycles. The lowest BCUT2D eigenvalue weighted by Crippen LogP contribution is -2.44. The van der Waals surface area contributed by atoms with Gasteiger partial charge in [0.05, 0.1) is 5.60 Å². The Kier molecular flexibility index (Phi) is 4.10. The molecule has 102 valence electrons. The van der Waals surface area contributed by atoms with Gasteiger partial charge < -0.3 is 10.0 Å². The maximum absolute atomic E-state index is 12.2. The van der Waals surface area contributed by atoms with Gasteiger partial charge in [-0.1, -0.05) is 19.4 Å². The van der Waals surface area contributed by atoms with Gasteiger partial charge in [-0.15, -0.1) is 0 Å². The van der Waals surface area contributed by atoms with Crippen LogP contribution in [0.2, 0.25) is 0 Å². The van der Waals surface area contributed by atoms with Crippen molar-refractivity contribution in [1.82, 2.24) is 4.90 Å². The number of likely N-dealkylation sites (tertiary alicyclic amines) is 1. The first kappa shape index (κ1) is 13.6. The minimum atomic E-state index is -0.812. The average Bonchev–Trinajstić information content (AvgIpc) is 2.85. The van der Waals surface area contributed by atoms with Crippen molar-refractivity contribution in [2.75, 3.05) is 13.1 Å². The summed E-state index contributed by atoms with van der Waals surface area (Å²) in [6.07, 6.45) is 6.61. The molecule has 0 radical (unpaired) electrons. The Morgan fingerprint density at radius 1 is 1.33 bits per heavy atom. The van der Waals surface area contributed by atoms with Crippen LogP contribution in [0, 0.1) is 5.92 Å². The normalized spacial score (nSPS) is 32.6. The number of carbonyl (C=O) groups excluding carboxylic acids is 1. The molecular weight excluding hydrogens is 226 g/mol. The molecule has 2 rings (SSSR count). The summed E-state index contributed by atoms with van der Waals surface area (Å²) in [4.78, 5) is 14.2. The fraction of sp³-hybridized carbons (Fsp3) is 0.800. The lowest BCUT2D eigenvalue weighted by atomic mass is 9.70. The van der Waals surface area contributed by atoms with Gasteiger partial charge in [0.15, 0.2) is 0 Å². The van der Waals surface area contributed by atoms with Crippen molar-refractivity contribution in [2.24, 2.45) is 5.92 Å². The summed E-state index contributed by atoms with van der Waals surface area (Å²) in [7, 11) is 0. The molecule has 0 bridgehead atoms. The number of carbonyl (C=O) groups is 1. The monoisotopic (exact) mass is 251 g/mol. The third kappa shape index (κ3) is 2.61. The summed E-state index contributed by atoms with van der Waals surface area (Å²) in [5.41, 5.74) is 0.00889. The van der Waals surface area contributed by atoms with Crippen LogP contribution in [-0.2, 0) is 4.79 Å². The van der Waals surface area contributed by atoms with Crippen molar-refractivity contribution < 1.29 is 9.90 Å². The lowest BCUT2D eigenvalue weighted by molar-refractivity contribution is -0.134. The molecule has 3 nitrogen and oxygen atoms in total. The maximum atomic E-state index is 12.2. The van der Waals surface area contributed by atoms with Crippen molar-refractivity contribution in [1.29, 1.82) is 0 Å². The summed E-state index contributed by atoms with van der Waals surface area (Å²) in [5, 5.41) is 10.7. The highest BCUT2D eigenvalue weighted by molar-refractivity contribution is 5.77. The van der Waals surface area contributed by atoms with Gasteiger partial charge in [-0.3, -0.25) is 4.79 Å². The molecule has 3 heteroatoms. The quantitative estimate of drug-likeness (QED) is 0.783. The van der Waals surface area contributed by atoms with E-state index in [9.17, 15) is 9.90 Å². The maximum Gasteiger partial charge on any atom is 0.222 e. The fourth-order valence-electron chi connectivity index (χ4n) is 3.37. The van der Waals surface area contributed by atoms with Crippen LogP contribution in [0.5, 0.6) is 0 Å². The molecule has 2 fully saturated rings. The standard InChI is InChI=1S/C15H25NO2/c1-12(2)15(18)8-4-3-7-13(15)11-14(17)16-9-5-6-10-16/h13,18H,1,3-11H2,2H3/t13-,15+/m1/s1. The molecule has 1 saturated heterocycles. The Balaban J connectivity index is 2.01. The molecule has 1 N–H and O–H groups in total. The summed E-state index contributed by atoms with van der Waals surface area (Å²) in [6.45, 7) is 7.62. The van der Waals surface area contributed by atoms with Gasteiger partial charge in [-0.2, -0.15) is 0 Å². The Bertz CT molecular complexity index is 333. The van der Waals surface area contributed by atoms with E-state index < -0.39 is 5.60 Å². The number of nitrogens with zero attached hydrogens (tertiary/aromatic N) is 1. The van der Waals surface area contributed by atoms with Gasteiger partial charge in [0, 0.05) is 25.4 Å². The second-order valence-corrected chi connectivity index (χ2v) is 5.94. The number of amides is 1. The molecule has 2 atom stereocenters. The third-order valence-electron chi connectivity index (χ3n) is 4.65. The molecule has 1 amide bonds. The minimum absolute atomic E-state index is 0.0665. The van der Waals surface area contributed by atoms with Crippen molar-refractivity contribution in [3.05, 3.63) is 12.2 Å². The highest BCUT2D eigenvalue weighted by Gasteiger charge is 2.41.